The van der Waals surface area contributed by atoms with E-state index in [9.17, 15) is 9.59 Å². The van der Waals surface area contributed by atoms with Gasteiger partial charge < -0.3 is 16.0 Å². The molecule has 1 fully saturated rings. The summed E-state index contributed by atoms with van der Waals surface area (Å²) in [7, 11) is 0. The molecule has 1 aromatic rings. The number of hydrogen-bond donors (Lipinski definition) is 2. The summed E-state index contributed by atoms with van der Waals surface area (Å²) in [6, 6.07) is 7.93. The lowest BCUT2D eigenvalue weighted by Gasteiger charge is -2.27. The van der Waals surface area contributed by atoms with Gasteiger partial charge in [0.2, 0.25) is 11.8 Å². The SMILES string of the molecule is Cc1cccc(CC(=O)N(CC(N)=O)C2CCNC2)c1. The van der Waals surface area contributed by atoms with Gasteiger partial charge in [-0.2, -0.15) is 0 Å². The van der Waals surface area contributed by atoms with Gasteiger partial charge in [-0.1, -0.05) is 29.8 Å². The third-order valence-corrected chi connectivity index (χ3v) is 3.56. The van der Waals surface area contributed by atoms with Crippen molar-refractivity contribution in [2.24, 2.45) is 5.73 Å². The van der Waals surface area contributed by atoms with Gasteiger partial charge >= 0.3 is 0 Å². The maximum atomic E-state index is 12.4. The smallest absolute Gasteiger partial charge is 0.237 e. The molecule has 1 aliphatic rings. The van der Waals surface area contributed by atoms with Crippen LogP contribution >= 0.6 is 0 Å². The van der Waals surface area contributed by atoms with Crippen LogP contribution in [0.5, 0.6) is 0 Å². The van der Waals surface area contributed by atoms with E-state index in [1.54, 1.807) is 4.90 Å². The molecule has 108 valence electrons. The van der Waals surface area contributed by atoms with E-state index in [0.717, 1.165) is 30.6 Å². The first-order valence-corrected chi connectivity index (χ1v) is 6.90. The molecule has 5 heteroatoms. The summed E-state index contributed by atoms with van der Waals surface area (Å²) in [5.41, 5.74) is 7.36. The molecule has 0 aromatic heterocycles. The van der Waals surface area contributed by atoms with Gasteiger partial charge in [0.15, 0.2) is 0 Å². The molecule has 2 amide bonds. The summed E-state index contributed by atoms with van der Waals surface area (Å²) in [5, 5.41) is 3.21. The maximum absolute atomic E-state index is 12.4. The van der Waals surface area contributed by atoms with Crippen LogP contribution in [0.3, 0.4) is 0 Å². The molecule has 1 atom stereocenters. The predicted octanol–water partition coefficient (Wildman–Crippen LogP) is 0.213. The predicted molar refractivity (Wildman–Crippen MR) is 77.1 cm³/mol. The Kier molecular flexibility index (Phi) is 4.74. The Morgan fingerprint density at radius 3 is 2.85 bits per heavy atom. The molecule has 0 saturated carbocycles. The van der Waals surface area contributed by atoms with E-state index in [0.29, 0.717) is 6.42 Å². The van der Waals surface area contributed by atoms with Gasteiger partial charge in [-0.05, 0) is 25.5 Å². The van der Waals surface area contributed by atoms with Crippen molar-refractivity contribution in [1.82, 2.24) is 10.2 Å². The van der Waals surface area contributed by atoms with E-state index in [2.05, 4.69) is 5.32 Å². The zero-order valence-electron chi connectivity index (χ0n) is 11.8. The summed E-state index contributed by atoms with van der Waals surface area (Å²) in [4.78, 5) is 25.2. The highest BCUT2D eigenvalue weighted by atomic mass is 16.2. The Morgan fingerprint density at radius 2 is 2.25 bits per heavy atom. The number of nitrogens with zero attached hydrogens (tertiary/aromatic N) is 1. The topological polar surface area (TPSA) is 75.4 Å². The molecule has 1 saturated heterocycles. The van der Waals surface area contributed by atoms with Crippen molar-refractivity contribution in [3.05, 3.63) is 35.4 Å². The Labute approximate surface area is 119 Å². The molecule has 1 aliphatic heterocycles. The molecular formula is C15H21N3O2. The van der Waals surface area contributed by atoms with Crippen molar-refractivity contribution in [2.75, 3.05) is 19.6 Å². The number of benzene rings is 1. The van der Waals surface area contributed by atoms with E-state index < -0.39 is 5.91 Å². The Morgan fingerprint density at radius 1 is 1.45 bits per heavy atom. The number of aryl methyl sites for hydroxylation is 1. The summed E-state index contributed by atoms with van der Waals surface area (Å²) < 4.78 is 0. The van der Waals surface area contributed by atoms with Gasteiger partial charge in [0.1, 0.15) is 0 Å². The lowest BCUT2D eigenvalue weighted by Crippen LogP contribution is -2.46. The molecule has 0 bridgehead atoms. The number of carbonyl (C=O) groups excluding carboxylic acids is 2. The fourth-order valence-electron chi connectivity index (χ4n) is 2.59. The van der Waals surface area contributed by atoms with E-state index >= 15 is 0 Å². The standard InChI is InChI=1S/C15H21N3O2/c1-11-3-2-4-12(7-11)8-15(20)18(10-14(16)19)13-5-6-17-9-13/h2-4,7,13,17H,5-6,8-10H2,1H3,(H2,16,19). The number of rotatable bonds is 5. The van der Waals surface area contributed by atoms with Crippen LogP contribution in [0.25, 0.3) is 0 Å². The molecular weight excluding hydrogens is 254 g/mol. The minimum Gasteiger partial charge on any atom is -0.368 e. The quantitative estimate of drug-likeness (QED) is 0.807. The fraction of sp³-hybridized carbons (Fsp3) is 0.467. The number of nitrogens with two attached hydrogens (primary N) is 1. The molecule has 1 heterocycles. The molecule has 0 spiro atoms. The van der Waals surface area contributed by atoms with Crippen LogP contribution in [0, 0.1) is 6.92 Å². The van der Waals surface area contributed by atoms with Gasteiger partial charge in [0.25, 0.3) is 0 Å². The maximum Gasteiger partial charge on any atom is 0.237 e. The van der Waals surface area contributed by atoms with E-state index in [1.165, 1.54) is 0 Å². The fourth-order valence-corrected chi connectivity index (χ4v) is 2.59. The van der Waals surface area contributed by atoms with Gasteiger partial charge in [-0.3, -0.25) is 9.59 Å². The summed E-state index contributed by atoms with van der Waals surface area (Å²) in [6.07, 6.45) is 1.18. The minimum absolute atomic E-state index is 0.00298. The highest BCUT2D eigenvalue weighted by Crippen LogP contribution is 2.12. The Balaban J connectivity index is 2.07. The van der Waals surface area contributed by atoms with Crippen molar-refractivity contribution in [2.45, 2.75) is 25.8 Å². The Bertz CT molecular complexity index is 496. The highest BCUT2D eigenvalue weighted by Gasteiger charge is 2.27. The largest absolute Gasteiger partial charge is 0.368 e. The van der Waals surface area contributed by atoms with Gasteiger partial charge in [-0.15, -0.1) is 0 Å². The van der Waals surface area contributed by atoms with Crippen LogP contribution in [0.4, 0.5) is 0 Å². The highest BCUT2D eigenvalue weighted by molar-refractivity contribution is 5.85. The third kappa shape index (κ3) is 3.81. The van der Waals surface area contributed by atoms with Crippen molar-refractivity contribution in [3.8, 4) is 0 Å². The second-order valence-electron chi connectivity index (χ2n) is 5.30. The van der Waals surface area contributed by atoms with Crippen molar-refractivity contribution in [3.63, 3.8) is 0 Å². The Hall–Kier alpha value is -1.88. The molecule has 1 aromatic carbocycles. The van der Waals surface area contributed by atoms with Crippen molar-refractivity contribution < 1.29 is 9.59 Å². The van der Waals surface area contributed by atoms with Crippen LogP contribution in [-0.4, -0.2) is 42.4 Å². The lowest BCUT2D eigenvalue weighted by molar-refractivity contribution is -0.136. The number of primary amides is 1. The van der Waals surface area contributed by atoms with Crippen LogP contribution in [0.2, 0.25) is 0 Å². The van der Waals surface area contributed by atoms with Crippen LogP contribution < -0.4 is 11.1 Å². The second kappa shape index (κ2) is 6.52. The van der Waals surface area contributed by atoms with E-state index in [1.807, 2.05) is 31.2 Å². The van der Waals surface area contributed by atoms with Gasteiger partial charge in [-0.25, -0.2) is 0 Å². The van der Waals surface area contributed by atoms with Crippen molar-refractivity contribution in [1.29, 1.82) is 0 Å². The number of carbonyl (C=O) groups is 2. The summed E-state index contributed by atoms with van der Waals surface area (Å²) >= 11 is 0. The molecule has 0 aliphatic carbocycles. The molecule has 20 heavy (non-hydrogen) atoms. The number of amides is 2. The first-order chi connectivity index (χ1) is 9.56. The molecule has 3 N–H and O–H groups in total. The van der Waals surface area contributed by atoms with Crippen LogP contribution in [-0.2, 0) is 16.0 Å². The monoisotopic (exact) mass is 275 g/mol. The lowest BCUT2D eigenvalue weighted by atomic mass is 10.1. The first kappa shape index (κ1) is 14.5. The van der Waals surface area contributed by atoms with Crippen LogP contribution in [0.15, 0.2) is 24.3 Å². The average molecular weight is 275 g/mol. The van der Waals surface area contributed by atoms with Crippen LogP contribution in [0.1, 0.15) is 17.5 Å². The number of nitrogens with one attached hydrogen (secondary N) is 1. The third-order valence-electron chi connectivity index (χ3n) is 3.56. The van der Waals surface area contributed by atoms with Gasteiger partial charge in [0, 0.05) is 12.6 Å². The molecule has 5 nitrogen and oxygen atoms in total. The molecule has 2 rings (SSSR count). The summed E-state index contributed by atoms with van der Waals surface area (Å²) in [6.45, 7) is 3.59. The zero-order chi connectivity index (χ0) is 14.5. The van der Waals surface area contributed by atoms with E-state index in [4.69, 9.17) is 5.73 Å². The van der Waals surface area contributed by atoms with Gasteiger partial charge in [0.05, 0.1) is 13.0 Å². The molecule has 1 unspecified atom stereocenters. The zero-order valence-corrected chi connectivity index (χ0v) is 11.8. The number of hydrogen-bond acceptors (Lipinski definition) is 3. The normalized spacial score (nSPS) is 17.9. The average Bonchev–Trinajstić information content (AvgIpc) is 2.89. The summed E-state index contributed by atoms with van der Waals surface area (Å²) in [5.74, 6) is -0.502. The van der Waals surface area contributed by atoms with Crippen molar-refractivity contribution >= 4 is 11.8 Å². The minimum atomic E-state index is -0.463. The molecule has 0 radical (unpaired) electrons. The first-order valence-electron chi connectivity index (χ1n) is 6.90. The second-order valence-corrected chi connectivity index (χ2v) is 5.30. The van der Waals surface area contributed by atoms with E-state index in [-0.39, 0.29) is 18.5 Å².